The molecular weight excluding hydrogens is 266 g/mol. The van der Waals surface area contributed by atoms with Crippen LogP contribution in [0.5, 0.6) is 11.5 Å². The highest BCUT2D eigenvalue weighted by Crippen LogP contribution is 2.29. The molecule has 2 N–H and O–H groups in total. The van der Waals surface area contributed by atoms with Gasteiger partial charge in [0.25, 0.3) is 0 Å². The monoisotopic (exact) mass is 289 g/mol. The Morgan fingerprint density at radius 3 is 2.24 bits per heavy atom. The lowest BCUT2D eigenvalue weighted by molar-refractivity contribution is 0.394. The quantitative estimate of drug-likeness (QED) is 0.888. The second kappa shape index (κ2) is 6.63. The molecule has 0 spiro atoms. The first kappa shape index (κ1) is 15.4. The highest BCUT2D eigenvalue weighted by Gasteiger charge is 2.19. The number of hydrogen-bond donors (Lipinski definition) is 1. The zero-order valence-electron chi connectivity index (χ0n) is 13.0. The third-order valence-electron chi connectivity index (χ3n) is 3.72. The first-order valence-corrected chi connectivity index (χ1v) is 7.06. The minimum absolute atomic E-state index is 0.254. The van der Waals surface area contributed by atoms with Crippen molar-refractivity contribution >= 4 is 0 Å². The molecule has 1 heterocycles. The fourth-order valence-corrected chi connectivity index (χ4v) is 2.46. The Balaban J connectivity index is 2.50. The van der Waals surface area contributed by atoms with E-state index in [9.17, 15) is 0 Å². The van der Waals surface area contributed by atoms with Crippen molar-refractivity contribution in [3.63, 3.8) is 0 Å². The molecule has 2 rings (SSSR count). The maximum Gasteiger partial charge on any atom is 0.124 e. The lowest BCUT2D eigenvalue weighted by Gasteiger charge is -2.21. The van der Waals surface area contributed by atoms with Crippen LogP contribution in [0.1, 0.15) is 25.5 Å². The van der Waals surface area contributed by atoms with Crippen molar-refractivity contribution in [1.29, 1.82) is 0 Å². The minimum Gasteiger partial charge on any atom is -0.497 e. The van der Waals surface area contributed by atoms with Gasteiger partial charge in [-0.15, -0.1) is 0 Å². The number of ether oxygens (including phenoxy) is 2. The van der Waals surface area contributed by atoms with E-state index in [4.69, 9.17) is 15.2 Å². The van der Waals surface area contributed by atoms with Crippen LogP contribution in [0.3, 0.4) is 0 Å². The molecule has 2 aromatic rings. The smallest absolute Gasteiger partial charge is 0.124 e. The summed E-state index contributed by atoms with van der Waals surface area (Å²) in [5.41, 5.74) is 7.99. The Bertz CT molecular complexity index is 571. The van der Waals surface area contributed by atoms with Crippen molar-refractivity contribution in [2.24, 2.45) is 11.7 Å². The van der Waals surface area contributed by atoms with Crippen LogP contribution < -0.4 is 15.2 Å². The van der Waals surface area contributed by atoms with E-state index in [1.807, 2.05) is 29.0 Å². The molecule has 0 bridgehead atoms. The Morgan fingerprint density at radius 1 is 1.14 bits per heavy atom. The van der Waals surface area contributed by atoms with Gasteiger partial charge in [0.2, 0.25) is 0 Å². The number of rotatable bonds is 6. The van der Waals surface area contributed by atoms with E-state index in [1.165, 1.54) is 0 Å². The van der Waals surface area contributed by atoms with Crippen LogP contribution in [0.2, 0.25) is 0 Å². The van der Waals surface area contributed by atoms with E-state index in [-0.39, 0.29) is 5.92 Å². The summed E-state index contributed by atoms with van der Waals surface area (Å²) in [6, 6.07) is 5.77. The van der Waals surface area contributed by atoms with Crippen LogP contribution in [0, 0.1) is 5.92 Å². The molecule has 0 radical (unpaired) electrons. The summed E-state index contributed by atoms with van der Waals surface area (Å²) in [5.74, 6) is 2.19. The summed E-state index contributed by atoms with van der Waals surface area (Å²) in [6.45, 7) is 4.92. The number of nitrogens with two attached hydrogens (primary N) is 1. The molecule has 0 amide bonds. The molecule has 1 atom stereocenters. The summed E-state index contributed by atoms with van der Waals surface area (Å²) in [5, 5.41) is 0. The van der Waals surface area contributed by atoms with E-state index < -0.39 is 0 Å². The molecule has 0 aliphatic carbocycles. The van der Waals surface area contributed by atoms with Crippen LogP contribution in [0.15, 0.2) is 30.7 Å². The Hall–Kier alpha value is -2.01. The van der Waals surface area contributed by atoms with Crippen LogP contribution in [-0.2, 0) is 0 Å². The molecule has 1 unspecified atom stereocenters. The maximum atomic E-state index is 5.93. The van der Waals surface area contributed by atoms with Crippen molar-refractivity contribution in [2.45, 2.75) is 19.8 Å². The molecule has 0 saturated heterocycles. The number of methoxy groups -OCH3 is 2. The molecule has 21 heavy (non-hydrogen) atoms. The van der Waals surface area contributed by atoms with E-state index in [1.54, 1.807) is 20.5 Å². The average Bonchev–Trinajstić information content (AvgIpc) is 2.96. The summed E-state index contributed by atoms with van der Waals surface area (Å²) in [4.78, 5) is 4.29. The van der Waals surface area contributed by atoms with Crippen LogP contribution in [-0.4, -0.2) is 30.3 Å². The summed E-state index contributed by atoms with van der Waals surface area (Å²) in [7, 11) is 3.29. The lowest BCUT2D eigenvalue weighted by Crippen LogP contribution is -2.20. The molecule has 5 heteroatoms. The zero-order valence-corrected chi connectivity index (χ0v) is 13.0. The van der Waals surface area contributed by atoms with Gasteiger partial charge in [-0.05, 0) is 5.92 Å². The molecule has 5 nitrogen and oxygen atoms in total. The minimum atomic E-state index is 0.254. The zero-order chi connectivity index (χ0) is 15.4. The first-order chi connectivity index (χ1) is 10.1. The summed E-state index contributed by atoms with van der Waals surface area (Å²) >= 11 is 0. The summed E-state index contributed by atoms with van der Waals surface area (Å²) < 4.78 is 12.7. The van der Waals surface area contributed by atoms with E-state index in [0.717, 1.165) is 22.9 Å². The van der Waals surface area contributed by atoms with Gasteiger partial charge in [-0.3, -0.25) is 0 Å². The van der Waals surface area contributed by atoms with Crippen molar-refractivity contribution in [2.75, 3.05) is 20.8 Å². The first-order valence-electron chi connectivity index (χ1n) is 7.06. The molecule has 0 saturated carbocycles. The third-order valence-corrected chi connectivity index (χ3v) is 3.72. The molecule has 0 aliphatic heterocycles. The van der Waals surface area contributed by atoms with Gasteiger partial charge in [0.05, 0.1) is 26.2 Å². The predicted octanol–water partition coefficient (Wildman–Crippen LogP) is 2.59. The molecule has 1 aromatic carbocycles. The van der Waals surface area contributed by atoms with Gasteiger partial charge in [0.1, 0.15) is 11.5 Å². The van der Waals surface area contributed by atoms with Gasteiger partial charge < -0.3 is 19.8 Å². The largest absolute Gasteiger partial charge is 0.497 e. The summed E-state index contributed by atoms with van der Waals surface area (Å²) in [6.07, 6.45) is 3.68. The van der Waals surface area contributed by atoms with E-state index >= 15 is 0 Å². The second-order valence-electron chi connectivity index (χ2n) is 5.35. The van der Waals surface area contributed by atoms with Crippen molar-refractivity contribution < 1.29 is 9.47 Å². The number of imidazole rings is 1. The fourth-order valence-electron chi connectivity index (χ4n) is 2.46. The second-order valence-corrected chi connectivity index (χ2v) is 5.35. The fraction of sp³-hybridized carbons (Fsp3) is 0.438. The Morgan fingerprint density at radius 2 is 1.76 bits per heavy atom. The van der Waals surface area contributed by atoms with Gasteiger partial charge >= 0.3 is 0 Å². The van der Waals surface area contributed by atoms with Crippen molar-refractivity contribution in [3.8, 4) is 17.2 Å². The van der Waals surface area contributed by atoms with Gasteiger partial charge in [-0.25, -0.2) is 4.98 Å². The molecule has 114 valence electrons. The molecule has 0 fully saturated rings. The highest BCUT2D eigenvalue weighted by atomic mass is 16.5. The number of hydrogen-bond acceptors (Lipinski definition) is 4. The topological polar surface area (TPSA) is 62.3 Å². The third kappa shape index (κ3) is 3.19. The van der Waals surface area contributed by atoms with Gasteiger partial charge in [-0.1, -0.05) is 13.8 Å². The normalized spacial score (nSPS) is 12.5. The van der Waals surface area contributed by atoms with Gasteiger partial charge in [-0.2, -0.15) is 0 Å². The highest BCUT2D eigenvalue weighted by molar-refractivity contribution is 5.47. The van der Waals surface area contributed by atoms with Crippen molar-refractivity contribution in [1.82, 2.24) is 9.55 Å². The number of aromatic nitrogens is 2. The maximum absolute atomic E-state index is 5.93. The standard InChI is InChI=1S/C16H23N3O2/c1-11(2)15(8-17)16-9-18-10-19(16)12-5-13(20-3)7-14(6-12)21-4/h5-7,9-11,15H,8,17H2,1-4H3. The number of nitrogens with zero attached hydrogens (tertiary/aromatic N) is 2. The van der Waals surface area contributed by atoms with Crippen molar-refractivity contribution in [3.05, 3.63) is 36.4 Å². The SMILES string of the molecule is COc1cc(OC)cc(-n2cncc2C(CN)C(C)C)c1. The van der Waals surface area contributed by atoms with Gasteiger partial charge in [0.15, 0.2) is 0 Å². The Kier molecular flexibility index (Phi) is 4.85. The van der Waals surface area contributed by atoms with E-state index in [2.05, 4.69) is 18.8 Å². The molecule has 0 aliphatic rings. The number of benzene rings is 1. The van der Waals surface area contributed by atoms with Gasteiger partial charge in [0, 0.05) is 42.6 Å². The van der Waals surface area contributed by atoms with Crippen LogP contribution >= 0.6 is 0 Å². The molecular formula is C16H23N3O2. The average molecular weight is 289 g/mol. The van der Waals surface area contributed by atoms with Crippen LogP contribution in [0.4, 0.5) is 0 Å². The van der Waals surface area contributed by atoms with E-state index in [0.29, 0.717) is 12.5 Å². The van der Waals surface area contributed by atoms with Crippen LogP contribution in [0.25, 0.3) is 5.69 Å². The predicted molar refractivity (Wildman–Crippen MR) is 83.3 cm³/mol. The molecule has 1 aromatic heterocycles. The Labute approximate surface area is 125 Å². The lowest BCUT2D eigenvalue weighted by atomic mass is 9.93.